The lowest BCUT2D eigenvalue weighted by Crippen LogP contribution is -2.49. The van der Waals surface area contributed by atoms with Gasteiger partial charge in [0.1, 0.15) is 6.61 Å². The molecule has 2 atom stereocenters. The first kappa shape index (κ1) is 20.6. The van der Waals surface area contributed by atoms with Crippen LogP contribution in [0.4, 0.5) is 4.79 Å². The molecular weight excluding hydrogens is 322 g/mol. The summed E-state index contributed by atoms with van der Waals surface area (Å²) >= 11 is 0. The minimum atomic E-state index is -2.10. The number of hydrogen-bond donors (Lipinski definition) is 0. The van der Waals surface area contributed by atoms with Crippen LogP contribution in [0.5, 0.6) is 0 Å². The molecule has 1 saturated heterocycles. The van der Waals surface area contributed by atoms with Gasteiger partial charge in [0, 0.05) is 0 Å². The van der Waals surface area contributed by atoms with E-state index in [-0.39, 0.29) is 24.1 Å². The van der Waals surface area contributed by atoms with Gasteiger partial charge in [0.2, 0.25) is 5.91 Å². The molecule has 1 aliphatic rings. The van der Waals surface area contributed by atoms with Crippen LogP contribution in [0.3, 0.4) is 0 Å². The maximum atomic E-state index is 12.8. The molecular formula is C18H31NO4Si. The molecule has 0 aromatic heterocycles. The summed E-state index contributed by atoms with van der Waals surface area (Å²) in [6.07, 6.45) is 2.52. The van der Waals surface area contributed by atoms with Crippen molar-refractivity contribution in [2.45, 2.75) is 58.9 Å². The topological polar surface area (TPSA) is 55.8 Å². The normalized spacial score (nSPS) is 19.0. The number of imide groups is 1. The predicted octanol–water partition coefficient (Wildman–Crippen LogP) is 4.12. The van der Waals surface area contributed by atoms with Gasteiger partial charge in [-0.1, -0.05) is 32.9 Å². The highest BCUT2D eigenvalue weighted by molar-refractivity contribution is 6.74. The number of amides is 2. The van der Waals surface area contributed by atoms with E-state index in [0.717, 1.165) is 10.5 Å². The number of nitrogens with zero attached hydrogens (tertiary/aromatic N) is 1. The van der Waals surface area contributed by atoms with Gasteiger partial charge in [-0.25, -0.2) is 9.69 Å². The third-order valence-corrected chi connectivity index (χ3v) is 9.48. The number of carbonyl (C=O) groups excluding carboxylic acids is 2. The van der Waals surface area contributed by atoms with Gasteiger partial charge in [0.25, 0.3) is 0 Å². The first-order valence-electron chi connectivity index (χ1n) is 8.37. The van der Waals surface area contributed by atoms with Crippen molar-refractivity contribution in [2.24, 2.45) is 5.92 Å². The van der Waals surface area contributed by atoms with Crippen molar-refractivity contribution >= 4 is 20.3 Å². The number of carbonyl (C=O) groups is 2. The molecule has 2 amide bonds. The summed E-state index contributed by atoms with van der Waals surface area (Å²) in [6, 6.07) is 0. The van der Waals surface area contributed by atoms with Crippen LogP contribution in [0.25, 0.3) is 0 Å². The van der Waals surface area contributed by atoms with Crippen molar-refractivity contribution < 1.29 is 18.8 Å². The molecule has 0 bridgehead atoms. The van der Waals surface area contributed by atoms with E-state index >= 15 is 0 Å². The van der Waals surface area contributed by atoms with Gasteiger partial charge >= 0.3 is 6.09 Å². The lowest BCUT2D eigenvalue weighted by molar-refractivity contribution is -0.132. The van der Waals surface area contributed by atoms with E-state index in [1.807, 2.05) is 19.9 Å². The Morgan fingerprint density at radius 1 is 1.42 bits per heavy atom. The van der Waals surface area contributed by atoms with Gasteiger partial charge in [0.05, 0.1) is 18.6 Å². The van der Waals surface area contributed by atoms with Crippen LogP contribution in [0.2, 0.25) is 18.1 Å². The zero-order chi connectivity index (χ0) is 18.7. The fourth-order valence-corrected chi connectivity index (χ4v) is 3.56. The highest BCUT2D eigenvalue weighted by atomic mass is 28.4. The second-order valence-electron chi connectivity index (χ2n) is 7.70. The Labute approximate surface area is 146 Å². The molecule has 0 unspecified atom stereocenters. The van der Waals surface area contributed by atoms with Gasteiger partial charge in [-0.3, -0.25) is 4.79 Å². The first-order chi connectivity index (χ1) is 11.0. The van der Waals surface area contributed by atoms with Crippen LogP contribution in [0, 0.1) is 5.92 Å². The largest absolute Gasteiger partial charge is 0.447 e. The monoisotopic (exact) mass is 353 g/mol. The molecule has 1 heterocycles. The lowest BCUT2D eigenvalue weighted by Gasteiger charge is -2.41. The van der Waals surface area contributed by atoms with E-state index in [1.54, 1.807) is 6.08 Å². The van der Waals surface area contributed by atoms with Gasteiger partial charge in [-0.2, -0.15) is 0 Å². The summed E-state index contributed by atoms with van der Waals surface area (Å²) in [5.41, 5.74) is 0.964. The summed E-state index contributed by atoms with van der Waals surface area (Å²) in [6.45, 7) is 19.0. The fraction of sp³-hybridized carbons (Fsp3) is 0.667. The molecule has 1 fully saturated rings. The van der Waals surface area contributed by atoms with E-state index in [4.69, 9.17) is 9.16 Å². The van der Waals surface area contributed by atoms with E-state index in [2.05, 4.69) is 40.4 Å². The Morgan fingerprint density at radius 2 is 2.00 bits per heavy atom. The smallest absolute Gasteiger partial charge is 0.416 e. The number of hydrogen-bond acceptors (Lipinski definition) is 4. The molecule has 0 aromatic carbocycles. The summed E-state index contributed by atoms with van der Waals surface area (Å²) in [5.74, 6) is -0.918. The molecule has 5 nitrogen and oxygen atoms in total. The van der Waals surface area contributed by atoms with E-state index in [9.17, 15) is 9.59 Å². The van der Waals surface area contributed by atoms with Gasteiger partial charge in [0.15, 0.2) is 8.32 Å². The molecule has 1 rings (SSSR count). The second kappa shape index (κ2) is 7.65. The molecule has 6 heteroatoms. The standard InChI is InChI=1S/C18H31NO4Si/c1-9-13(3)15(23-24(7,8)18(4,5)6)14(10-2)16(20)19-11-12-22-17(19)21/h9-10,14-15H,2,11-12H2,1,3-8H3/b13-9+/t14-,15-/m1/s1. The Kier molecular flexibility index (Phi) is 6.58. The van der Waals surface area contributed by atoms with Gasteiger partial charge in [-0.05, 0) is 37.6 Å². The van der Waals surface area contributed by atoms with Crippen molar-refractivity contribution in [1.29, 1.82) is 0 Å². The van der Waals surface area contributed by atoms with Crippen LogP contribution in [-0.2, 0) is 14.0 Å². The molecule has 24 heavy (non-hydrogen) atoms. The molecule has 0 saturated carbocycles. The maximum absolute atomic E-state index is 12.8. The molecule has 136 valence electrons. The third kappa shape index (κ3) is 4.36. The Hall–Kier alpha value is -1.40. The lowest BCUT2D eigenvalue weighted by atomic mass is 9.95. The minimum absolute atomic E-state index is 0.0145. The molecule has 0 radical (unpaired) electrons. The molecule has 1 aliphatic heterocycles. The summed E-state index contributed by atoms with van der Waals surface area (Å²) < 4.78 is 11.4. The quantitative estimate of drug-likeness (QED) is 0.532. The zero-order valence-electron chi connectivity index (χ0n) is 16.0. The van der Waals surface area contributed by atoms with Crippen molar-refractivity contribution in [3.8, 4) is 0 Å². The number of allylic oxidation sites excluding steroid dienone is 1. The number of cyclic esters (lactones) is 1. The molecule has 0 N–H and O–H groups in total. The average molecular weight is 354 g/mol. The SMILES string of the molecule is C=C[C@@H](C(=O)N1CCOC1=O)[C@H](O[Si](C)(C)C(C)(C)C)/C(C)=C/C. The fourth-order valence-electron chi connectivity index (χ4n) is 2.24. The van der Waals surface area contributed by atoms with Crippen LogP contribution in [-0.4, -0.2) is 44.5 Å². The maximum Gasteiger partial charge on any atom is 0.416 e. The molecule has 0 aromatic rings. The van der Waals surface area contributed by atoms with Crippen LogP contribution >= 0.6 is 0 Å². The van der Waals surface area contributed by atoms with Crippen LogP contribution < -0.4 is 0 Å². The van der Waals surface area contributed by atoms with Crippen molar-refractivity contribution in [2.75, 3.05) is 13.2 Å². The van der Waals surface area contributed by atoms with Gasteiger partial charge < -0.3 is 9.16 Å². The Morgan fingerprint density at radius 3 is 2.38 bits per heavy atom. The van der Waals surface area contributed by atoms with Crippen molar-refractivity contribution in [1.82, 2.24) is 4.90 Å². The summed E-state index contributed by atoms with van der Waals surface area (Å²) in [7, 11) is -2.10. The Bertz CT molecular complexity index is 534. The highest BCUT2D eigenvalue weighted by Gasteiger charge is 2.43. The number of ether oxygens (including phenoxy) is 1. The predicted molar refractivity (Wildman–Crippen MR) is 98.2 cm³/mol. The third-order valence-electron chi connectivity index (χ3n) is 5.02. The minimum Gasteiger partial charge on any atom is -0.447 e. The van der Waals surface area contributed by atoms with E-state index < -0.39 is 26.4 Å². The van der Waals surface area contributed by atoms with Crippen molar-refractivity contribution in [3.05, 3.63) is 24.3 Å². The molecule has 0 aliphatic carbocycles. The van der Waals surface area contributed by atoms with Crippen LogP contribution in [0.1, 0.15) is 34.6 Å². The summed E-state index contributed by atoms with van der Waals surface area (Å²) in [4.78, 5) is 25.7. The second-order valence-corrected chi connectivity index (χ2v) is 12.5. The van der Waals surface area contributed by atoms with E-state index in [1.165, 1.54) is 0 Å². The van der Waals surface area contributed by atoms with Crippen molar-refractivity contribution in [3.63, 3.8) is 0 Å². The first-order valence-corrected chi connectivity index (χ1v) is 11.3. The highest BCUT2D eigenvalue weighted by Crippen LogP contribution is 2.39. The summed E-state index contributed by atoms with van der Waals surface area (Å²) in [5, 5.41) is 0.0145. The van der Waals surface area contributed by atoms with E-state index in [0.29, 0.717) is 0 Å². The zero-order valence-corrected chi connectivity index (χ0v) is 17.0. The number of rotatable bonds is 6. The molecule has 0 spiro atoms. The van der Waals surface area contributed by atoms with Gasteiger partial charge in [-0.15, -0.1) is 6.58 Å². The van der Waals surface area contributed by atoms with Crippen LogP contribution in [0.15, 0.2) is 24.3 Å². The average Bonchev–Trinajstić information content (AvgIpc) is 2.90. The Balaban J connectivity index is 3.15.